The molecule has 0 aliphatic heterocycles. The van der Waals surface area contributed by atoms with Crippen molar-refractivity contribution < 1.29 is 13.3 Å². The highest BCUT2D eigenvalue weighted by atomic mass is 32.2. The molecule has 146 valence electrons. The van der Waals surface area contributed by atoms with Crippen LogP contribution in [-0.2, 0) is 16.4 Å². The molecule has 0 amide bonds. The van der Waals surface area contributed by atoms with E-state index in [9.17, 15) is 18.5 Å². The lowest BCUT2D eigenvalue weighted by molar-refractivity contribution is -0.384. The Morgan fingerprint density at radius 3 is 2.41 bits per heavy atom. The van der Waals surface area contributed by atoms with Crippen LogP contribution in [-0.4, -0.2) is 49.3 Å². The van der Waals surface area contributed by atoms with Gasteiger partial charge < -0.3 is 4.90 Å². The van der Waals surface area contributed by atoms with Crippen molar-refractivity contribution in [2.24, 2.45) is 0 Å². The van der Waals surface area contributed by atoms with E-state index in [0.29, 0.717) is 31.7 Å². The summed E-state index contributed by atoms with van der Waals surface area (Å²) in [5.41, 5.74) is 1.02. The van der Waals surface area contributed by atoms with Crippen molar-refractivity contribution in [1.29, 1.82) is 0 Å². The highest BCUT2D eigenvalue weighted by Crippen LogP contribution is 2.31. The molecule has 0 aliphatic rings. The first-order valence-corrected chi connectivity index (χ1v) is 10.1. The molecule has 2 rings (SSSR count). The molecule has 0 aliphatic carbocycles. The number of likely N-dealkylation sites (N-methyl/N-ethyl adjacent to an activating group) is 1. The van der Waals surface area contributed by atoms with Crippen molar-refractivity contribution in [2.45, 2.75) is 25.2 Å². The topological polar surface area (TPSA) is 96.7 Å². The summed E-state index contributed by atoms with van der Waals surface area (Å²) in [5, 5.41) is 11.5. The number of nitro benzene ring substituents is 1. The molecule has 27 heavy (non-hydrogen) atoms. The van der Waals surface area contributed by atoms with E-state index in [4.69, 9.17) is 0 Å². The second-order valence-electron chi connectivity index (χ2n) is 5.99. The normalized spacial score (nSPS) is 11.6. The molecule has 0 N–H and O–H groups in total. The number of anilines is 1. The molecule has 0 fully saturated rings. The lowest BCUT2D eigenvalue weighted by Crippen LogP contribution is -2.30. The maximum Gasteiger partial charge on any atom is 0.293 e. The van der Waals surface area contributed by atoms with Gasteiger partial charge in [-0.05, 0) is 24.3 Å². The van der Waals surface area contributed by atoms with Crippen LogP contribution in [0, 0.1) is 10.1 Å². The lowest BCUT2D eigenvalue weighted by Gasteiger charge is -2.21. The first-order chi connectivity index (χ1) is 12.8. The average molecular weight is 392 g/mol. The Labute approximate surface area is 159 Å². The SMILES string of the molecule is CCN(CC)S(=O)(=O)c1ccc(N(C)CCc2ccccn2)c([N+](=O)[O-])c1. The largest absolute Gasteiger partial charge is 0.369 e. The lowest BCUT2D eigenvalue weighted by atomic mass is 10.2. The van der Waals surface area contributed by atoms with Crippen LogP contribution in [0.15, 0.2) is 47.5 Å². The Morgan fingerprint density at radius 2 is 1.85 bits per heavy atom. The highest BCUT2D eigenvalue weighted by molar-refractivity contribution is 7.89. The highest BCUT2D eigenvalue weighted by Gasteiger charge is 2.26. The molecule has 0 bridgehead atoms. The van der Waals surface area contributed by atoms with Gasteiger partial charge in [0.1, 0.15) is 5.69 Å². The van der Waals surface area contributed by atoms with E-state index in [1.165, 1.54) is 16.4 Å². The number of pyridine rings is 1. The number of benzene rings is 1. The molecule has 1 aromatic heterocycles. The van der Waals surface area contributed by atoms with E-state index < -0.39 is 14.9 Å². The average Bonchev–Trinajstić information content (AvgIpc) is 2.67. The predicted molar refractivity (Wildman–Crippen MR) is 104 cm³/mol. The number of hydrogen-bond acceptors (Lipinski definition) is 6. The van der Waals surface area contributed by atoms with Gasteiger partial charge >= 0.3 is 0 Å². The molecule has 0 radical (unpaired) electrons. The molecule has 0 unspecified atom stereocenters. The number of rotatable bonds is 9. The van der Waals surface area contributed by atoms with E-state index in [0.717, 1.165) is 11.8 Å². The van der Waals surface area contributed by atoms with E-state index >= 15 is 0 Å². The molecule has 0 saturated carbocycles. The van der Waals surface area contributed by atoms with Crippen LogP contribution < -0.4 is 4.90 Å². The molecule has 0 saturated heterocycles. The number of hydrogen-bond donors (Lipinski definition) is 0. The maximum absolute atomic E-state index is 12.6. The monoisotopic (exact) mass is 392 g/mol. The van der Waals surface area contributed by atoms with Crippen LogP contribution in [0.3, 0.4) is 0 Å². The summed E-state index contributed by atoms with van der Waals surface area (Å²) in [6.07, 6.45) is 2.32. The number of aromatic nitrogens is 1. The van der Waals surface area contributed by atoms with Crippen LogP contribution in [0.1, 0.15) is 19.5 Å². The third-order valence-corrected chi connectivity index (χ3v) is 6.37. The number of nitrogens with zero attached hydrogens (tertiary/aromatic N) is 4. The van der Waals surface area contributed by atoms with E-state index in [-0.39, 0.29) is 10.6 Å². The van der Waals surface area contributed by atoms with Crippen molar-refractivity contribution in [1.82, 2.24) is 9.29 Å². The van der Waals surface area contributed by atoms with Gasteiger partial charge in [-0.3, -0.25) is 15.1 Å². The zero-order chi connectivity index (χ0) is 20.0. The standard InChI is InChI=1S/C18H24N4O4S/c1-4-21(5-2)27(25,26)16-9-10-17(18(14-16)22(23)24)20(3)13-11-15-8-6-7-12-19-15/h6-10,12,14H,4-5,11,13H2,1-3H3. The number of sulfonamides is 1. The summed E-state index contributed by atoms with van der Waals surface area (Å²) in [7, 11) is -2.01. The van der Waals surface area contributed by atoms with Gasteiger partial charge in [-0.2, -0.15) is 4.31 Å². The van der Waals surface area contributed by atoms with Crippen molar-refractivity contribution in [3.63, 3.8) is 0 Å². The summed E-state index contributed by atoms with van der Waals surface area (Å²) < 4.78 is 26.6. The summed E-state index contributed by atoms with van der Waals surface area (Å²) in [5.74, 6) is 0. The summed E-state index contributed by atoms with van der Waals surface area (Å²) in [4.78, 5) is 16.9. The Morgan fingerprint density at radius 1 is 1.15 bits per heavy atom. The smallest absolute Gasteiger partial charge is 0.293 e. The molecule has 8 nitrogen and oxygen atoms in total. The molecular formula is C18H24N4O4S. The van der Waals surface area contributed by atoms with Crippen LogP contribution in [0.2, 0.25) is 0 Å². The second kappa shape index (κ2) is 8.92. The van der Waals surface area contributed by atoms with E-state index in [2.05, 4.69) is 4.98 Å². The Bertz CT molecular complexity index is 883. The van der Waals surface area contributed by atoms with E-state index in [1.54, 1.807) is 32.0 Å². The minimum Gasteiger partial charge on any atom is -0.369 e. The Kier molecular flexibility index (Phi) is 6.86. The van der Waals surface area contributed by atoms with Crippen molar-refractivity contribution in [2.75, 3.05) is 31.6 Å². The van der Waals surface area contributed by atoms with Crippen LogP contribution in [0.5, 0.6) is 0 Å². The quantitative estimate of drug-likeness (QED) is 0.481. The predicted octanol–water partition coefficient (Wildman–Crippen LogP) is 2.70. The molecule has 1 aromatic carbocycles. The summed E-state index contributed by atoms with van der Waals surface area (Å²) in [6.45, 7) is 4.58. The summed E-state index contributed by atoms with van der Waals surface area (Å²) >= 11 is 0. The first-order valence-electron chi connectivity index (χ1n) is 8.70. The van der Waals surface area contributed by atoms with Gasteiger partial charge in [0, 0.05) is 51.1 Å². The fourth-order valence-corrected chi connectivity index (χ4v) is 4.27. The third-order valence-electron chi connectivity index (χ3n) is 4.33. The van der Waals surface area contributed by atoms with Crippen molar-refractivity contribution in [3.8, 4) is 0 Å². The molecular weight excluding hydrogens is 368 g/mol. The zero-order valence-corrected chi connectivity index (χ0v) is 16.5. The van der Waals surface area contributed by atoms with E-state index in [1.807, 2.05) is 18.2 Å². The zero-order valence-electron chi connectivity index (χ0n) is 15.7. The van der Waals surface area contributed by atoms with Gasteiger partial charge in [-0.1, -0.05) is 19.9 Å². The van der Waals surface area contributed by atoms with Gasteiger partial charge in [0.05, 0.1) is 9.82 Å². The molecule has 2 aromatic rings. The van der Waals surface area contributed by atoms with Gasteiger partial charge in [0.25, 0.3) is 5.69 Å². The van der Waals surface area contributed by atoms with Gasteiger partial charge in [0.2, 0.25) is 10.0 Å². The first kappa shape index (κ1) is 20.8. The second-order valence-corrected chi connectivity index (χ2v) is 7.93. The van der Waals surface area contributed by atoms with Crippen molar-refractivity contribution in [3.05, 3.63) is 58.4 Å². The molecule has 9 heteroatoms. The Balaban J connectivity index is 2.31. The summed E-state index contributed by atoms with van der Waals surface area (Å²) in [6, 6.07) is 9.66. The Hall–Kier alpha value is -2.52. The number of nitro groups is 1. The minimum absolute atomic E-state index is 0.0697. The van der Waals surface area contributed by atoms with Crippen LogP contribution in [0.4, 0.5) is 11.4 Å². The van der Waals surface area contributed by atoms with Crippen LogP contribution in [0.25, 0.3) is 0 Å². The van der Waals surface area contributed by atoms with Crippen molar-refractivity contribution >= 4 is 21.4 Å². The van der Waals surface area contributed by atoms with Gasteiger partial charge in [-0.25, -0.2) is 8.42 Å². The minimum atomic E-state index is -3.75. The molecule has 1 heterocycles. The fourth-order valence-electron chi connectivity index (χ4n) is 2.79. The third kappa shape index (κ3) is 4.81. The van der Waals surface area contributed by atoms with Gasteiger partial charge in [0.15, 0.2) is 0 Å². The maximum atomic E-state index is 12.6. The molecule has 0 atom stereocenters. The van der Waals surface area contributed by atoms with Crippen LogP contribution >= 0.6 is 0 Å². The van der Waals surface area contributed by atoms with Gasteiger partial charge in [-0.15, -0.1) is 0 Å². The fraction of sp³-hybridized carbons (Fsp3) is 0.389. The molecule has 0 spiro atoms.